The van der Waals surface area contributed by atoms with Gasteiger partial charge < -0.3 is 10.1 Å². The van der Waals surface area contributed by atoms with Crippen molar-refractivity contribution in [3.8, 4) is 11.1 Å². The number of hydrogen-bond acceptors (Lipinski definition) is 4. The Labute approximate surface area is 162 Å². The molecule has 0 saturated heterocycles. The number of esters is 1. The summed E-state index contributed by atoms with van der Waals surface area (Å²) in [5.41, 5.74) is 5.97. The minimum atomic E-state index is -0.329. The SMILES string of the molecule is CCOC(=O)c1ccc(-c2cc3c(cc2Cl)N=Cc2ccccc2N3)cc1. The van der Waals surface area contributed by atoms with Crippen LogP contribution in [0.25, 0.3) is 11.1 Å². The molecule has 0 unspecified atom stereocenters. The highest BCUT2D eigenvalue weighted by atomic mass is 35.5. The zero-order valence-corrected chi connectivity index (χ0v) is 15.5. The third-order valence-electron chi connectivity index (χ3n) is 4.37. The average Bonchev–Trinajstić information content (AvgIpc) is 2.86. The van der Waals surface area contributed by atoms with Crippen LogP contribution in [0.3, 0.4) is 0 Å². The second-order valence-electron chi connectivity index (χ2n) is 6.12. The molecule has 0 fully saturated rings. The van der Waals surface area contributed by atoms with Crippen LogP contribution in [0.15, 0.2) is 65.7 Å². The highest BCUT2D eigenvalue weighted by Gasteiger charge is 2.14. The van der Waals surface area contributed by atoms with Gasteiger partial charge in [0.25, 0.3) is 0 Å². The van der Waals surface area contributed by atoms with Crippen LogP contribution in [0.4, 0.5) is 17.1 Å². The van der Waals surface area contributed by atoms with Crippen LogP contribution < -0.4 is 5.32 Å². The van der Waals surface area contributed by atoms with E-state index in [0.29, 0.717) is 17.2 Å². The number of halogens is 1. The van der Waals surface area contributed by atoms with E-state index in [2.05, 4.69) is 10.3 Å². The lowest BCUT2D eigenvalue weighted by Gasteiger charge is -2.13. The zero-order valence-electron chi connectivity index (χ0n) is 14.7. The Bertz CT molecular complexity index is 1040. The number of carbonyl (C=O) groups is 1. The third kappa shape index (κ3) is 3.44. The van der Waals surface area contributed by atoms with Crippen LogP contribution in [0.1, 0.15) is 22.8 Å². The first-order valence-corrected chi connectivity index (χ1v) is 9.04. The van der Waals surface area contributed by atoms with Gasteiger partial charge in [0.1, 0.15) is 0 Å². The van der Waals surface area contributed by atoms with Gasteiger partial charge in [-0.3, -0.25) is 4.99 Å². The molecule has 0 aromatic heterocycles. The molecular weight excluding hydrogens is 360 g/mol. The molecule has 1 aliphatic rings. The molecule has 0 spiro atoms. The number of rotatable bonds is 3. The van der Waals surface area contributed by atoms with Gasteiger partial charge in [0.15, 0.2) is 0 Å². The smallest absolute Gasteiger partial charge is 0.338 e. The molecule has 3 aromatic rings. The fraction of sp³-hybridized carbons (Fsp3) is 0.0909. The quantitative estimate of drug-likeness (QED) is 0.447. The second kappa shape index (κ2) is 7.25. The summed E-state index contributed by atoms with van der Waals surface area (Å²) in [4.78, 5) is 16.4. The molecule has 1 aliphatic heterocycles. The molecule has 4 nitrogen and oxygen atoms in total. The normalized spacial score (nSPS) is 11.8. The van der Waals surface area contributed by atoms with Crippen LogP contribution in [0.5, 0.6) is 0 Å². The number of carbonyl (C=O) groups excluding carboxylic acids is 1. The molecule has 0 amide bonds. The Morgan fingerprint density at radius 2 is 1.85 bits per heavy atom. The zero-order chi connectivity index (χ0) is 18.8. The summed E-state index contributed by atoms with van der Waals surface area (Å²) < 4.78 is 5.03. The summed E-state index contributed by atoms with van der Waals surface area (Å²) in [5, 5.41) is 4.03. The summed E-state index contributed by atoms with van der Waals surface area (Å²) in [6.45, 7) is 2.14. The predicted octanol–water partition coefficient (Wildman–Crippen LogP) is 5.99. The lowest BCUT2D eigenvalue weighted by Crippen LogP contribution is -2.04. The monoisotopic (exact) mass is 376 g/mol. The van der Waals surface area contributed by atoms with Gasteiger partial charge in [-0.15, -0.1) is 0 Å². The molecule has 0 aliphatic carbocycles. The minimum absolute atomic E-state index is 0.329. The second-order valence-corrected chi connectivity index (χ2v) is 6.52. The van der Waals surface area contributed by atoms with Crippen molar-refractivity contribution in [1.82, 2.24) is 0 Å². The predicted molar refractivity (Wildman–Crippen MR) is 110 cm³/mol. The summed E-state index contributed by atoms with van der Waals surface area (Å²) in [6.07, 6.45) is 1.83. The van der Waals surface area contributed by atoms with E-state index in [1.807, 2.05) is 54.7 Å². The Kier molecular flexibility index (Phi) is 4.65. The molecule has 0 atom stereocenters. The molecule has 0 saturated carbocycles. The Hall–Kier alpha value is -3.11. The standard InChI is InChI=1S/C22H17ClN2O2/c1-2-27-22(26)15-9-7-14(8-10-15)17-11-21-20(12-18(17)23)24-13-16-5-3-4-6-19(16)25-21/h3-13,25H,2H2,1H3. The number of ether oxygens (including phenoxy) is 1. The van der Waals surface area contributed by atoms with Crippen LogP contribution in [-0.2, 0) is 4.74 Å². The largest absolute Gasteiger partial charge is 0.462 e. The average molecular weight is 377 g/mol. The Morgan fingerprint density at radius 1 is 1.07 bits per heavy atom. The maximum Gasteiger partial charge on any atom is 0.338 e. The van der Waals surface area contributed by atoms with E-state index in [0.717, 1.165) is 33.8 Å². The molecule has 134 valence electrons. The highest BCUT2D eigenvalue weighted by Crippen LogP contribution is 2.40. The van der Waals surface area contributed by atoms with Gasteiger partial charge in [-0.05, 0) is 42.8 Å². The van der Waals surface area contributed by atoms with Crippen LogP contribution in [0, 0.1) is 0 Å². The van der Waals surface area contributed by atoms with Crippen molar-refractivity contribution in [2.75, 3.05) is 11.9 Å². The van der Waals surface area contributed by atoms with E-state index in [1.54, 1.807) is 19.1 Å². The molecule has 5 heteroatoms. The van der Waals surface area contributed by atoms with Crippen LogP contribution >= 0.6 is 11.6 Å². The van der Waals surface area contributed by atoms with Gasteiger partial charge in [-0.1, -0.05) is 41.9 Å². The van der Waals surface area contributed by atoms with E-state index >= 15 is 0 Å². The molecule has 3 aromatic carbocycles. The van der Waals surface area contributed by atoms with Crippen LogP contribution in [0.2, 0.25) is 5.02 Å². The van der Waals surface area contributed by atoms with Crippen LogP contribution in [-0.4, -0.2) is 18.8 Å². The van der Waals surface area contributed by atoms with E-state index in [4.69, 9.17) is 16.3 Å². The van der Waals surface area contributed by atoms with E-state index < -0.39 is 0 Å². The lowest BCUT2D eigenvalue weighted by atomic mass is 10.0. The highest BCUT2D eigenvalue weighted by molar-refractivity contribution is 6.34. The van der Waals surface area contributed by atoms with E-state index in [1.165, 1.54) is 0 Å². The first kappa shape index (κ1) is 17.3. The van der Waals surface area contributed by atoms with Crippen molar-refractivity contribution in [3.63, 3.8) is 0 Å². The van der Waals surface area contributed by atoms with Crippen molar-refractivity contribution >= 4 is 40.8 Å². The molecule has 0 radical (unpaired) electrons. The number of nitrogens with one attached hydrogen (secondary N) is 1. The van der Waals surface area contributed by atoms with Gasteiger partial charge in [0.05, 0.1) is 28.6 Å². The number of benzene rings is 3. The topological polar surface area (TPSA) is 50.7 Å². The van der Waals surface area contributed by atoms with Crippen molar-refractivity contribution in [1.29, 1.82) is 0 Å². The van der Waals surface area contributed by atoms with Crippen molar-refractivity contribution in [2.24, 2.45) is 4.99 Å². The van der Waals surface area contributed by atoms with E-state index in [-0.39, 0.29) is 5.97 Å². The third-order valence-corrected chi connectivity index (χ3v) is 4.68. The van der Waals surface area contributed by atoms with Crippen molar-refractivity contribution in [2.45, 2.75) is 6.92 Å². The van der Waals surface area contributed by atoms with Gasteiger partial charge in [-0.2, -0.15) is 0 Å². The number of aliphatic imine (C=N–C) groups is 1. The number of anilines is 2. The molecule has 4 rings (SSSR count). The molecule has 0 bridgehead atoms. The van der Waals surface area contributed by atoms with E-state index in [9.17, 15) is 4.79 Å². The first-order valence-electron chi connectivity index (χ1n) is 8.67. The molecule has 1 heterocycles. The summed E-state index contributed by atoms with van der Waals surface area (Å²) >= 11 is 6.52. The number of fused-ring (bicyclic) bond motifs is 2. The maximum atomic E-state index is 11.8. The maximum absolute atomic E-state index is 11.8. The van der Waals surface area contributed by atoms with Crippen molar-refractivity contribution < 1.29 is 9.53 Å². The summed E-state index contributed by atoms with van der Waals surface area (Å²) in [7, 11) is 0. The lowest BCUT2D eigenvalue weighted by molar-refractivity contribution is 0.0526. The fourth-order valence-corrected chi connectivity index (χ4v) is 3.27. The Balaban J connectivity index is 1.71. The molecule has 27 heavy (non-hydrogen) atoms. The minimum Gasteiger partial charge on any atom is -0.462 e. The number of hydrogen-bond donors (Lipinski definition) is 1. The van der Waals surface area contributed by atoms with Gasteiger partial charge in [-0.25, -0.2) is 4.79 Å². The molecular formula is C22H17ClN2O2. The van der Waals surface area contributed by atoms with Gasteiger partial charge in [0, 0.05) is 23.0 Å². The Morgan fingerprint density at radius 3 is 2.63 bits per heavy atom. The molecule has 1 N–H and O–H groups in total. The van der Waals surface area contributed by atoms with Gasteiger partial charge >= 0.3 is 5.97 Å². The summed E-state index contributed by atoms with van der Waals surface area (Å²) in [6, 6.07) is 19.0. The van der Waals surface area contributed by atoms with Crippen molar-refractivity contribution in [3.05, 3.63) is 76.8 Å². The number of para-hydroxylation sites is 1. The first-order chi connectivity index (χ1) is 13.2. The number of nitrogens with zero attached hydrogens (tertiary/aromatic N) is 1. The summed E-state index contributed by atoms with van der Waals surface area (Å²) in [5.74, 6) is -0.329. The fourth-order valence-electron chi connectivity index (χ4n) is 3.00. The van der Waals surface area contributed by atoms with Gasteiger partial charge in [0.2, 0.25) is 0 Å².